The fourth-order valence-electron chi connectivity index (χ4n) is 3.68. The van der Waals surface area contributed by atoms with Crippen molar-refractivity contribution in [3.8, 4) is 0 Å². The van der Waals surface area contributed by atoms with Gasteiger partial charge < -0.3 is 0 Å². The second-order valence-electron chi connectivity index (χ2n) is 6.68. The lowest BCUT2D eigenvalue weighted by Crippen LogP contribution is -2.01. The highest BCUT2D eigenvalue weighted by Gasteiger charge is 2.20. The van der Waals surface area contributed by atoms with Crippen molar-refractivity contribution >= 4 is 6.08 Å². The second-order valence-corrected chi connectivity index (χ2v) is 6.68. The largest absolute Gasteiger partial charge is 0.0720 e. The van der Waals surface area contributed by atoms with Crippen molar-refractivity contribution in [3.05, 3.63) is 76.9 Å². The average molecular weight is 304 g/mol. The average Bonchev–Trinajstić information content (AvgIpc) is 3.02. The Morgan fingerprint density at radius 2 is 1.43 bits per heavy atom. The van der Waals surface area contributed by atoms with E-state index in [4.69, 9.17) is 0 Å². The van der Waals surface area contributed by atoms with E-state index in [1.54, 1.807) is 0 Å². The predicted octanol–water partition coefficient (Wildman–Crippen LogP) is 6.75. The first kappa shape index (κ1) is 16.1. The molecule has 120 valence electrons. The third-order valence-corrected chi connectivity index (χ3v) is 4.99. The van der Waals surface area contributed by atoms with Crippen molar-refractivity contribution in [1.29, 1.82) is 0 Å². The number of allylic oxidation sites excluding steroid dienone is 1. The summed E-state index contributed by atoms with van der Waals surface area (Å²) < 4.78 is 0. The lowest BCUT2D eigenvalue weighted by molar-refractivity contribution is 0.606. The Balaban J connectivity index is 1.66. The summed E-state index contributed by atoms with van der Waals surface area (Å²) >= 11 is 0. The molecule has 0 saturated carbocycles. The molecule has 1 unspecified atom stereocenters. The molecule has 2 aromatic carbocycles. The lowest BCUT2D eigenvalue weighted by Gasteiger charge is -2.16. The van der Waals surface area contributed by atoms with Gasteiger partial charge in [-0.15, -0.1) is 0 Å². The number of benzene rings is 2. The summed E-state index contributed by atoms with van der Waals surface area (Å²) in [6.45, 7) is 2.28. The van der Waals surface area contributed by atoms with Crippen molar-refractivity contribution in [2.45, 2.75) is 57.8 Å². The molecule has 0 radical (unpaired) electrons. The van der Waals surface area contributed by atoms with Gasteiger partial charge in [0.1, 0.15) is 0 Å². The molecule has 0 heterocycles. The van der Waals surface area contributed by atoms with Crippen LogP contribution in [0.1, 0.15) is 73.6 Å². The smallest absolute Gasteiger partial charge is 0.0281 e. The zero-order valence-electron chi connectivity index (χ0n) is 14.3. The number of rotatable bonds is 8. The highest BCUT2D eigenvalue weighted by molar-refractivity contribution is 5.65. The Hall–Kier alpha value is -1.82. The minimum absolute atomic E-state index is 0.447. The van der Waals surface area contributed by atoms with E-state index in [2.05, 4.69) is 67.6 Å². The van der Waals surface area contributed by atoms with E-state index < -0.39 is 0 Å². The second kappa shape index (κ2) is 8.15. The van der Waals surface area contributed by atoms with E-state index in [1.807, 2.05) is 0 Å². The molecule has 0 bridgehead atoms. The number of hydrogen-bond donors (Lipinski definition) is 0. The molecule has 1 atom stereocenters. The van der Waals surface area contributed by atoms with Crippen molar-refractivity contribution < 1.29 is 0 Å². The number of hydrogen-bond acceptors (Lipinski definition) is 0. The van der Waals surface area contributed by atoms with Gasteiger partial charge >= 0.3 is 0 Å². The highest BCUT2D eigenvalue weighted by atomic mass is 14.2. The third-order valence-electron chi connectivity index (χ3n) is 4.99. The predicted molar refractivity (Wildman–Crippen MR) is 101 cm³/mol. The standard InChI is InChI=1S/C23H28/c1-2-3-4-5-6-7-12-19-13-8-10-15-21(19)23-18-17-20-14-9-11-16-22(20)23/h8-11,13-18,23H,2-7,12H2,1H3. The van der Waals surface area contributed by atoms with Crippen LogP contribution in [-0.2, 0) is 6.42 Å². The van der Waals surface area contributed by atoms with Gasteiger partial charge in [-0.2, -0.15) is 0 Å². The van der Waals surface area contributed by atoms with Crippen molar-refractivity contribution in [1.82, 2.24) is 0 Å². The topological polar surface area (TPSA) is 0 Å². The van der Waals surface area contributed by atoms with Crippen molar-refractivity contribution in [2.24, 2.45) is 0 Å². The summed E-state index contributed by atoms with van der Waals surface area (Å²) in [5.41, 5.74) is 5.88. The van der Waals surface area contributed by atoms with E-state index in [0.29, 0.717) is 5.92 Å². The summed E-state index contributed by atoms with van der Waals surface area (Å²) in [5, 5.41) is 0. The van der Waals surface area contributed by atoms with E-state index in [9.17, 15) is 0 Å². The van der Waals surface area contributed by atoms with Gasteiger partial charge in [-0.1, -0.05) is 99.7 Å². The number of aryl methyl sites for hydroxylation is 1. The maximum absolute atomic E-state index is 2.37. The maximum Gasteiger partial charge on any atom is 0.0281 e. The van der Waals surface area contributed by atoms with Crippen LogP contribution in [0.2, 0.25) is 0 Å². The summed E-state index contributed by atoms with van der Waals surface area (Å²) in [6.07, 6.45) is 14.1. The van der Waals surface area contributed by atoms with E-state index in [0.717, 1.165) is 0 Å². The molecule has 2 aromatic rings. The van der Waals surface area contributed by atoms with Crippen LogP contribution in [0.15, 0.2) is 54.6 Å². The summed E-state index contributed by atoms with van der Waals surface area (Å²) in [7, 11) is 0. The Morgan fingerprint density at radius 3 is 2.30 bits per heavy atom. The van der Waals surface area contributed by atoms with Gasteiger partial charge in [-0.05, 0) is 35.1 Å². The van der Waals surface area contributed by atoms with Crippen molar-refractivity contribution in [2.75, 3.05) is 0 Å². The van der Waals surface area contributed by atoms with Gasteiger partial charge in [-0.25, -0.2) is 0 Å². The molecule has 0 heteroatoms. The summed E-state index contributed by atoms with van der Waals surface area (Å²) in [4.78, 5) is 0. The minimum atomic E-state index is 0.447. The zero-order chi connectivity index (χ0) is 15.9. The lowest BCUT2D eigenvalue weighted by atomic mass is 9.88. The SMILES string of the molecule is CCCCCCCCc1ccccc1C1C=Cc2ccccc21. The van der Waals surface area contributed by atoms with Gasteiger partial charge in [0, 0.05) is 5.92 Å². The Labute approximate surface area is 141 Å². The highest BCUT2D eigenvalue weighted by Crippen LogP contribution is 2.36. The van der Waals surface area contributed by atoms with E-state index >= 15 is 0 Å². The van der Waals surface area contributed by atoms with Crippen LogP contribution in [0.25, 0.3) is 6.08 Å². The molecule has 0 aromatic heterocycles. The quantitative estimate of drug-likeness (QED) is 0.473. The molecule has 0 spiro atoms. The molecule has 0 fully saturated rings. The number of unbranched alkanes of at least 4 members (excludes halogenated alkanes) is 5. The van der Waals surface area contributed by atoms with Gasteiger partial charge in [0.25, 0.3) is 0 Å². The first-order valence-corrected chi connectivity index (χ1v) is 9.25. The Morgan fingerprint density at radius 1 is 0.739 bits per heavy atom. The molecule has 0 saturated heterocycles. The first-order valence-electron chi connectivity index (χ1n) is 9.25. The maximum atomic E-state index is 2.37. The fraction of sp³-hybridized carbons (Fsp3) is 0.391. The molecular weight excluding hydrogens is 276 g/mol. The Kier molecular flexibility index (Phi) is 5.69. The number of fused-ring (bicyclic) bond motifs is 1. The normalized spacial score (nSPS) is 15.8. The van der Waals surface area contributed by atoms with Gasteiger partial charge in [-0.3, -0.25) is 0 Å². The molecule has 0 aliphatic heterocycles. The van der Waals surface area contributed by atoms with Crippen molar-refractivity contribution in [3.63, 3.8) is 0 Å². The van der Waals surface area contributed by atoms with Gasteiger partial charge in [0.05, 0.1) is 0 Å². The van der Waals surface area contributed by atoms with Crippen LogP contribution in [0.4, 0.5) is 0 Å². The van der Waals surface area contributed by atoms with Crippen LogP contribution in [0.3, 0.4) is 0 Å². The molecule has 3 rings (SSSR count). The van der Waals surface area contributed by atoms with Gasteiger partial charge in [0.2, 0.25) is 0 Å². The Bertz CT molecular complexity index is 651. The zero-order valence-corrected chi connectivity index (χ0v) is 14.3. The van der Waals surface area contributed by atoms with E-state index in [1.165, 1.54) is 67.2 Å². The molecular formula is C23H28. The third kappa shape index (κ3) is 3.93. The monoisotopic (exact) mass is 304 g/mol. The molecule has 0 nitrogen and oxygen atoms in total. The van der Waals surface area contributed by atoms with Crippen LogP contribution >= 0.6 is 0 Å². The molecule has 0 amide bonds. The first-order chi connectivity index (χ1) is 11.4. The van der Waals surface area contributed by atoms with Crippen LogP contribution < -0.4 is 0 Å². The molecule has 23 heavy (non-hydrogen) atoms. The molecule has 0 N–H and O–H groups in total. The fourth-order valence-corrected chi connectivity index (χ4v) is 3.68. The van der Waals surface area contributed by atoms with Crippen LogP contribution in [0, 0.1) is 0 Å². The van der Waals surface area contributed by atoms with E-state index in [-0.39, 0.29) is 0 Å². The van der Waals surface area contributed by atoms with Crippen LogP contribution in [0.5, 0.6) is 0 Å². The van der Waals surface area contributed by atoms with Crippen LogP contribution in [-0.4, -0.2) is 0 Å². The summed E-state index contributed by atoms with van der Waals surface area (Å²) in [6, 6.07) is 17.8. The van der Waals surface area contributed by atoms with Gasteiger partial charge in [0.15, 0.2) is 0 Å². The molecule has 1 aliphatic carbocycles. The molecule has 1 aliphatic rings. The minimum Gasteiger partial charge on any atom is -0.0720 e. The summed E-state index contributed by atoms with van der Waals surface area (Å²) in [5.74, 6) is 0.447.